The summed E-state index contributed by atoms with van der Waals surface area (Å²) in [6.07, 6.45) is 2.12. The lowest BCUT2D eigenvalue weighted by atomic mass is 9.53. The molecule has 0 aromatic heterocycles. The molecule has 0 bridgehead atoms. The number of carbonyl (C=O) groups is 1. The Kier molecular flexibility index (Phi) is 5.63. The van der Waals surface area contributed by atoms with Gasteiger partial charge in [0.1, 0.15) is 6.10 Å². The molecule has 0 radical (unpaired) electrons. The highest BCUT2D eigenvalue weighted by Gasteiger charge is 2.70. The molecular formula is C26H39NO6Si. The van der Waals surface area contributed by atoms with Gasteiger partial charge in [0, 0.05) is 43.3 Å². The molecule has 1 saturated heterocycles. The maximum absolute atomic E-state index is 11.7. The van der Waals surface area contributed by atoms with Crippen molar-refractivity contribution in [3.05, 3.63) is 23.3 Å². The van der Waals surface area contributed by atoms with Crippen LogP contribution < -0.4 is 9.47 Å². The van der Waals surface area contributed by atoms with Crippen molar-refractivity contribution in [1.82, 2.24) is 5.06 Å². The van der Waals surface area contributed by atoms with Gasteiger partial charge in [-0.1, -0.05) is 26.8 Å². The van der Waals surface area contributed by atoms with E-state index in [2.05, 4.69) is 45.0 Å². The average molecular weight is 490 g/mol. The van der Waals surface area contributed by atoms with E-state index in [0.29, 0.717) is 13.0 Å². The maximum Gasteiger partial charge on any atom is 0.302 e. The van der Waals surface area contributed by atoms with Crippen LogP contribution in [0, 0.1) is 5.92 Å². The zero-order chi connectivity index (χ0) is 24.6. The first kappa shape index (κ1) is 24.1. The molecule has 188 valence electrons. The van der Waals surface area contributed by atoms with Gasteiger partial charge in [-0.25, -0.2) is 0 Å². The minimum Gasteiger partial charge on any atom is -0.493 e. The molecule has 0 spiro atoms. The second kappa shape index (κ2) is 7.95. The van der Waals surface area contributed by atoms with Gasteiger partial charge < -0.3 is 18.6 Å². The Morgan fingerprint density at radius 2 is 2.03 bits per heavy atom. The zero-order valence-corrected chi connectivity index (χ0v) is 22.8. The maximum atomic E-state index is 11.7. The molecule has 2 fully saturated rings. The number of carbonyl (C=O) groups excluding carboxylic acids is 1. The van der Waals surface area contributed by atoms with E-state index in [0.717, 1.165) is 24.3 Å². The number of ether oxygens (including phenoxy) is 3. The third-order valence-electron chi connectivity index (χ3n) is 9.13. The monoisotopic (exact) mass is 489 g/mol. The largest absolute Gasteiger partial charge is 0.493 e. The highest BCUT2D eigenvalue weighted by Crippen LogP contribution is 2.65. The van der Waals surface area contributed by atoms with Crippen LogP contribution in [0.5, 0.6) is 11.5 Å². The van der Waals surface area contributed by atoms with Crippen molar-refractivity contribution >= 4 is 14.3 Å². The lowest BCUT2D eigenvalue weighted by molar-refractivity contribution is -0.164. The number of likely N-dealkylation sites (N-methyl/N-ethyl adjacent to an activating group) is 1. The van der Waals surface area contributed by atoms with Crippen molar-refractivity contribution in [2.24, 2.45) is 5.92 Å². The summed E-state index contributed by atoms with van der Waals surface area (Å²) in [6, 6.07) is 4.43. The molecule has 0 amide bonds. The van der Waals surface area contributed by atoms with Gasteiger partial charge in [-0.3, -0.25) is 9.63 Å². The molecule has 4 aliphatic rings. The summed E-state index contributed by atoms with van der Waals surface area (Å²) in [5.74, 6) is 1.57. The number of benzene rings is 1. The molecule has 1 aromatic rings. The Hall–Kier alpha value is -1.61. The molecule has 5 rings (SSSR count). The van der Waals surface area contributed by atoms with E-state index in [1.165, 1.54) is 18.1 Å². The van der Waals surface area contributed by atoms with E-state index in [-0.39, 0.29) is 46.7 Å². The normalized spacial score (nSPS) is 33.9. The van der Waals surface area contributed by atoms with Crippen molar-refractivity contribution < 1.29 is 28.3 Å². The second-order valence-corrected chi connectivity index (χ2v) is 16.7. The standard InChI is InChI=1S/C26H39NO6Si/c1-15(28)30-12-11-26-21-16-9-10-18(29-6)23(21)31-24(26)20(33-34(7,8)25(2,3)4)14-19-22(26)17(13-16)27(5)32-19/h9-10,17,19-20,22,24H,11-14H2,1-8H3/t17-,19+,20+,22+,24-,26+/m1/s1. The first-order valence-electron chi connectivity index (χ1n) is 12.5. The quantitative estimate of drug-likeness (QED) is 0.438. The third-order valence-corrected chi connectivity index (χ3v) is 13.6. The van der Waals surface area contributed by atoms with E-state index in [9.17, 15) is 4.79 Å². The first-order chi connectivity index (χ1) is 15.9. The van der Waals surface area contributed by atoms with Gasteiger partial charge >= 0.3 is 5.97 Å². The summed E-state index contributed by atoms with van der Waals surface area (Å²) >= 11 is 0. The van der Waals surface area contributed by atoms with Crippen LogP contribution >= 0.6 is 0 Å². The molecule has 1 aromatic carbocycles. The predicted octanol–water partition coefficient (Wildman–Crippen LogP) is 4.23. The van der Waals surface area contributed by atoms with E-state index in [1.54, 1.807) is 7.11 Å². The van der Waals surface area contributed by atoms with Crippen molar-refractivity contribution in [2.75, 3.05) is 20.8 Å². The Balaban J connectivity index is 1.66. The molecule has 6 atom stereocenters. The minimum absolute atomic E-state index is 0.0345. The summed E-state index contributed by atoms with van der Waals surface area (Å²) in [6.45, 7) is 13.2. The highest BCUT2D eigenvalue weighted by atomic mass is 28.4. The molecule has 2 aliphatic carbocycles. The molecule has 8 heteroatoms. The van der Waals surface area contributed by atoms with Crippen LogP contribution in [0.1, 0.15) is 51.7 Å². The SMILES string of the molecule is COc1ccc2c3c1O[C@@H]1[C@@H](O[Si](C)(C)C(C)(C)C)C[C@@H]4ON(C)[C@H](C2)[C@@H]4[C@]31CCOC(C)=O. The molecular weight excluding hydrogens is 450 g/mol. The topological polar surface area (TPSA) is 66.5 Å². The fourth-order valence-electron chi connectivity index (χ4n) is 6.69. The van der Waals surface area contributed by atoms with E-state index < -0.39 is 8.32 Å². The number of nitrogens with zero attached hydrogens (tertiary/aromatic N) is 1. The molecule has 2 aliphatic heterocycles. The smallest absolute Gasteiger partial charge is 0.302 e. The third kappa shape index (κ3) is 3.36. The van der Waals surface area contributed by atoms with Crippen molar-refractivity contribution in [3.8, 4) is 11.5 Å². The highest BCUT2D eigenvalue weighted by molar-refractivity contribution is 6.74. The number of hydroxylamine groups is 2. The van der Waals surface area contributed by atoms with Crippen LogP contribution in [0.2, 0.25) is 18.1 Å². The number of esters is 1. The van der Waals surface area contributed by atoms with Crippen molar-refractivity contribution in [1.29, 1.82) is 0 Å². The van der Waals surface area contributed by atoms with E-state index >= 15 is 0 Å². The number of methoxy groups -OCH3 is 1. The average Bonchev–Trinajstić information content (AvgIpc) is 3.24. The Bertz CT molecular complexity index is 990. The molecule has 2 heterocycles. The van der Waals surface area contributed by atoms with Gasteiger partial charge in [-0.05, 0) is 42.6 Å². The summed E-state index contributed by atoms with van der Waals surface area (Å²) < 4.78 is 25.2. The van der Waals surface area contributed by atoms with Gasteiger partial charge in [0.15, 0.2) is 19.8 Å². The van der Waals surface area contributed by atoms with Crippen molar-refractivity contribution in [2.45, 2.75) is 94.9 Å². The van der Waals surface area contributed by atoms with E-state index in [4.69, 9.17) is 23.5 Å². The van der Waals surface area contributed by atoms with Crippen LogP contribution in [0.15, 0.2) is 12.1 Å². The lowest BCUT2D eigenvalue weighted by Crippen LogP contribution is -2.65. The van der Waals surface area contributed by atoms with Crippen LogP contribution in [-0.2, 0) is 30.6 Å². The van der Waals surface area contributed by atoms with Gasteiger partial charge in [0.25, 0.3) is 0 Å². The Morgan fingerprint density at radius 1 is 1.29 bits per heavy atom. The summed E-state index contributed by atoms with van der Waals surface area (Å²) in [5.41, 5.74) is 2.13. The van der Waals surface area contributed by atoms with Crippen LogP contribution in [0.4, 0.5) is 0 Å². The van der Waals surface area contributed by atoms with Crippen LogP contribution in [0.3, 0.4) is 0 Å². The molecule has 0 N–H and O–H groups in total. The summed E-state index contributed by atoms with van der Waals surface area (Å²) in [5, 5.41) is 2.13. The molecule has 1 saturated carbocycles. The van der Waals surface area contributed by atoms with E-state index in [1.807, 2.05) is 13.1 Å². The lowest BCUT2D eigenvalue weighted by Gasteiger charge is -2.53. The Morgan fingerprint density at radius 3 is 2.68 bits per heavy atom. The number of hydrogen-bond acceptors (Lipinski definition) is 7. The summed E-state index contributed by atoms with van der Waals surface area (Å²) in [4.78, 5) is 18.2. The Labute approximate surface area is 204 Å². The molecule has 34 heavy (non-hydrogen) atoms. The number of rotatable bonds is 6. The number of hydrogen-bond donors (Lipinski definition) is 0. The fraction of sp³-hybridized carbons (Fsp3) is 0.731. The zero-order valence-electron chi connectivity index (χ0n) is 21.8. The van der Waals surface area contributed by atoms with Crippen LogP contribution in [-0.4, -0.2) is 64.5 Å². The first-order valence-corrected chi connectivity index (χ1v) is 15.4. The van der Waals surface area contributed by atoms with Crippen LogP contribution in [0.25, 0.3) is 0 Å². The molecule has 7 nitrogen and oxygen atoms in total. The summed E-state index contributed by atoms with van der Waals surface area (Å²) in [7, 11) is 1.65. The minimum atomic E-state index is -2.09. The van der Waals surface area contributed by atoms with Crippen molar-refractivity contribution in [3.63, 3.8) is 0 Å². The predicted molar refractivity (Wildman–Crippen MR) is 131 cm³/mol. The van der Waals surface area contributed by atoms with Gasteiger partial charge in [-0.15, -0.1) is 0 Å². The van der Waals surface area contributed by atoms with Gasteiger partial charge in [0.2, 0.25) is 0 Å². The van der Waals surface area contributed by atoms with Gasteiger partial charge in [-0.2, -0.15) is 5.06 Å². The molecule has 0 unspecified atom stereocenters. The van der Waals surface area contributed by atoms with Gasteiger partial charge in [0.05, 0.1) is 25.9 Å². The second-order valence-electron chi connectivity index (χ2n) is 11.9. The fourth-order valence-corrected chi connectivity index (χ4v) is 8.02.